The lowest BCUT2D eigenvalue weighted by atomic mass is 10.2. The van der Waals surface area contributed by atoms with Crippen LogP contribution in [0.25, 0.3) is 0 Å². The maximum Gasteiger partial charge on any atom is 0.189 e. The third-order valence-corrected chi connectivity index (χ3v) is 3.98. The monoisotopic (exact) mass is 447 g/mol. The molecule has 0 aromatic carbocycles. The van der Waals surface area contributed by atoms with Gasteiger partial charge in [0.05, 0.1) is 13.2 Å². The quantitative estimate of drug-likeness (QED) is 0.398. The third-order valence-electron chi connectivity index (χ3n) is 3.98. The second kappa shape index (κ2) is 11.5. The van der Waals surface area contributed by atoms with Gasteiger partial charge >= 0.3 is 0 Å². The van der Waals surface area contributed by atoms with E-state index in [1.54, 1.807) is 7.11 Å². The van der Waals surface area contributed by atoms with Gasteiger partial charge in [-0.25, -0.2) is 9.98 Å². The molecule has 1 aliphatic heterocycles. The summed E-state index contributed by atoms with van der Waals surface area (Å²) < 4.78 is 5.07. The average molecular weight is 447 g/mol. The molecule has 1 unspecified atom stereocenters. The van der Waals surface area contributed by atoms with Crippen LogP contribution in [0, 0.1) is 0 Å². The molecule has 6 nitrogen and oxygen atoms in total. The molecule has 1 aliphatic rings. The smallest absolute Gasteiger partial charge is 0.189 e. The zero-order valence-corrected chi connectivity index (χ0v) is 17.0. The number of nitrogens with two attached hydrogens (primary N) is 1. The number of pyridine rings is 1. The fourth-order valence-corrected chi connectivity index (χ4v) is 2.80. The van der Waals surface area contributed by atoms with E-state index in [2.05, 4.69) is 26.3 Å². The van der Waals surface area contributed by atoms with Gasteiger partial charge in [0.1, 0.15) is 5.82 Å². The van der Waals surface area contributed by atoms with E-state index in [-0.39, 0.29) is 30.0 Å². The minimum Gasteiger partial charge on any atom is -0.383 e. The average Bonchev–Trinajstić information content (AvgIpc) is 2.83. The molecule has 24 heavy (non-hydrogen) atoms. The van der Waals surface area contributed by atoms with Gasteiger partial charge < -0.3 is 20.7 Å². The van der Waals surface area contributed by atoms with E-state index in [0.717, 1.165) is 24.5 Å². The summed E-state index contributed by atoms with van der Waals surface area (Å²) in [5, 5.41) is 3.11. The number of nitrogens with one attached hydrogen (secondary N) is 1. The molecule has 7 heteroatoms. The second-order valence-corrected chi connectivity index (χ2v) is 6.13. The van der Waals surface area contributed by atoms with Gasteiger partial charge in [0.25, 0.3) is 0 Å². The van der Waals surface area contributed by atoms with E-state index in [4.69, 9.17) is 10.5 Å². The van der Waals surface area contributed by atoms with E-state index in [9.17, 15) is 0 Å². The van der Waals surface area contributed by atoms with Crippen LogP contribution in [-0.2, 0) is 11.3 Å². The van der Waals surface area contributed by atoms with Crippen LogP contribution in [0.1, 0.15) is 38.2 Å². The van der Waals surface area contributed by atoms with Crippen molar-refractivity contribution in [2.24, 2.45) is 10.7 Å². The van der Waals surface area contributed by atoms with Crippen molar-refractivity contribution >= 4 is 35.8 Å². The lowest BCUT2D eigenvalue weighted by Crippen LogP contribution is -2.40. The van der Waals surface area contributed by atoms with E-state index in [0.29, 0.717) is 19.1 Å². The summed E-state index contributed by atoms with van der Waals surface area (Å²) in [5.74, 6) is 1.50. The number of ether oxygens (including phenoxy) is 1. The number of aliphatic imine (C=N–C) groups is 1. The number of hydrogen-bond donors (Lipinski definition) is 2. The first-order chi connectivity index (χ1) is 11.2. The second-order valence-electron chi connectivity index (χ2n) is 6.13. The molecular weight excluding hydrogens is 417 g/mol. The third kappa shape index (κ3) is 7.21. The van der Waals surface area contributed by atoms with Gasteiger partial charge in [0, 0.05) is 32.4 Å². The Morgan fingerprint density at radius 3 is 2.75 bits per heavy atom. The Morgan fingerprint density at radius 2 is 2.08 bits per heavy atom. The molecule has 0 spiro atoms. The number of guanidine groups is 1. The molecule has 0 bridgehead atoms. The van der Waals surface area contributed by atoms with Crippen LogP contribution < -0.4 is 16.0 Å². The summed E-state index contributed by atoms with van der Waals surface area (Å²) in [7, 11) is 1.67. The Bertz CT molecular complexity index is 504. The van der Waals surface area contributed by atoms with Crippen molar-refractivity contribution in [2.75, 3.05) is 31.7 Å². The minimum atomic E-state index is 0. The highest BCUT2D eigenvalue weighted by molar-refractivity contribution is 14.0. The highest BCUT2D eigenvalue weighted by atomic mass is 127. The zero-order valence-electron chi connectivity index (χ0n) is 14.7. The molecular formula is C17H30IN5O. The maximum absolute atomic E-state index is 5.91. The summed E-state index contributed by atoms with van der Waals surface area (Å²) in [6, 6.07) is 4.27. The van der Waals surface area contributed by atoms with Crippen LogP contribution in [-0.4, -0.2) is 43.8 Å². The largest absolute Gasteiger partial charge is 0.383 e. The van der Waals surface area contributed by atoms with Gasteiger partial charge in [-0.15, -0.1) is 24.0 Å². The molecule has 0 saturated carbocycles. The van der Waals surface area contributed by atoms with Gasteiger partial charge in [-0.05, 0) is 37.5 Å². The number of rotatable bonds is 6. The normalized spacial score (nSPS) is 16.9. The summed E-state index contributed by atoms with van der Waals surface area (Å²) in [5.41, 5.74) is 7.04. The molecule has 1 aromatic heterocycles. The molecule has 136 valence electrons. The zero-order chi connectivity index (χ0) is 16.5. The van der Waals surface area contributed by atoms with Crippen molar-refractivity contribution < 1.29 is 4.74 Å². The van der Waals surface area contributed by atoms with E-state index in [1.807, 2.05) is 19.2 Å². The fraction of sp³-hybridized carbons (Fsp3) is 0.647. The standard InChI is InChI=1S/C17H29N5O.HI/c1-14(13-23-2)21-17(18)20-12-15-7-8-19-16(11-15)22-9-5-3-4-6-10-22;/h7-8,11,14H,3-6,9-10,12-13H2,1-2H3,(H3,18,20,21);1H. The maximum atomic E-state index is 5.91. The first kappa shape index (κ1) is 21.0. The number of nitrogens with zero attached hydrogens (tertiary/aromatic N) is 3. The highest BCUT2D eigenvalue weighted by Crippen LogP contribution is 2.18. The summed E-state index contributed by atoms with van der Waals surface area (Å²) in [6.45, 7) is 5.36. The van der Waals surface area contributed by atoms with Gasteiger partial charge in [-0.2, -0.15) is 0 Å². The molecule has 3 N–H and O–H groups in total. The molecule has 0 amide bonds. The van der Waals surface area contributed by atoms with Gasteiger partial charge in [-0.3, -0.25) is 0 Å². The first-order valence-corrected chi connectivity index (χ1v) is 8.44. The van der Waals surface area contributed by atoms with E-state index < -0.39 is 0 Å². The molecule has 1 atom stereocenters. The van der Waals surface area contributed by atoms with Crippen LogP contribution in [0.2, 0.25) is 0 Å². The Hall–Kier alpha value is -1.09. The number of anilines is 1. The van der Waals surface area contributed by atoms with Crippen molar-refractivity contribution in [3.05, 3.63) is 23.9 Å². The minimum absolute atomic E-state index is 0. The molecule has 2 heterocycles. The molecule has 0 radical (unpaired) electrons. The Morgan fingerprint density at radius 1 is 1.38 bits per heavy atom. The topological polar surface area (TPSA) is 75.8 Å². The predicted octanol–water partition coefficient (Wildman–Crippen LogP) is 2.52. The van der Waals surface area contributed by atoms with E-state index >= 15 is 0 Å². The molecule has 1 aromatic rings. The Kier molecular flexibility index (Phi) is 10.0. The van der Waals surface area contributed by atoms with Gasteiger partial charge in [0.15, 0.2) is 5.96 Å². The Labute approximate surface area is 162 Å². The summed E-state index contributed by atoms with van der Waals surface area (Å²) >= 11 is 0. The van der Waals surface area contributed by atoms with Crippen LogP contribution in [0.5, 0.6) is 0 Å². The number of hydrogen-bond acceptors (Lipinski definition) is 4. The lowest BCUT2D eigenvalue weighted by molar-refractivity contribution is 0.179. The predicted molar refractivity (Wildman–Crippen MR) is 110 cm³/mol. The van der Waals surface area contributed by atoms with Crippen molar-refractivity contribution in [2.45, 2.75) is 45.2 Å². The van der Waals surface area contributed by atoms with Crippen molar-refractivity contribution in [3.63, 3.8) is 0 Å². The lowest BCUT2D eigenvalue weighted by Gasteiger charge is -2.21. The molecule has 2 rings (SSSR count). The van der Waals surface area contributed by atoms with Crippen LogP contribution in [0.3, 0.4) is 0 Å². The van der Waals surface area contributed by atoms with E-state index in [1.165, 1.54) is 25.7 Å². The fourth-order valence-electron chi connectivity index (χ4n) is 2.80. The number of aromatic nitrogens is 1. The summed E-state index contributed by atoms with van der Waals surface area (Å²) in [4.78, 5) is 11.3. The SMILES string of the molecule is COCC(C)NC(N)=NCc1ccnc(N2CCCCCC2)c1.I. The Balaban J connectivity index is 0.00000288. The number of methoxy groups -OCH3 is 1. The van der Waals surface area contributed by atoms with Crippen LogP contribution in [0.15, 0.2) is 23.3 Å². The van der Waals surface area contributed by atoms with Crippen molar-refractivity contribution in [1.29, 1.82) is 0 Å². The van der Waals surface area contributed by atoms with Gasteiger partial charge in [0.2, 0.25) is 0 Å². The highest BCUT2D eigenvalue weighted by Gasteiger charge is 2.11. The molecule has 1 fully saturated rings. The van der Waals surface area contributed by atoms with Crippen molar-refractivity contribution in [1.82, 2.24) is 10.3 Å². The summed E-state index contributed by atoms with van der Waals surface area (Å²) in [6.07, 6.45) is 7.00. The van der Waals surface area contributed by atoms with Crippen molar-refractivity contribution in [3.8, 4) is 0 Å². The molecule has 1 saturated heterocycles. The van der Waals surface area contributed by atoms with Gasteiger partial charge in [-0.1, -0.05) is 12.8 Å². The molecule has 0 aliphatic carbocycles. The van der Waals surface area contributed by atoms with Crippen LogP contribution >= 0.6 is 24.0 Å². The number of halogens is 1. The van der Waals surface area contributed by atoms with Crippen LogP contribution in [0.4, 0.5) is 5.82 Å². The first-order valence-electron chi connectivity index (χ1n) is 8.44.